The Kier molecular flexibility index (Phi) is 3.24. The Balaban J connectivity index is 2.69. The van der Waals surface area contributed by atoms with Gasteiger partial charge >= 0.3 is 0 Å². The highest BCUT2D eigenvalue weighted by molar-refractivity contribution is 7.99. The van der Waals surface area contributed by atoms with Crippen molar-refractivity contribution in [2.24, 2.45) is 5.73 Å². The number of hydrogen-bond donors (Lipinski definition) is 2. The Labute approximate surface area is 73.8 Å². The van der Waals surface area contributed by atoms with Crippen molar-refractivity contribution >= 4 is 11.8 Å². The van der Waals surface area contributed by atoms with Gasteiger partial charge in [-0.15, -0.1) is 5.10 Å². The summed E-state index contributed by atoms with van der Waals surface area (Å²) in [6.07, 6.45) is 1.14. The summed E-state index contributed by atoms with van der Waals surface area (Å²) in [5.74, 6) is 0. The van der Waals surface area contributed by atoms with Crippen LogP contribution < -0.4 is 11.3 Å². The van der Waals surface area contributed by atoms with Gasteiger partial charge in [-0.25, -0.2) is 0 Å². The van der Waals surface area contributed by atoms with Crippen LogP contribution in [0.5, 0.6) is 0 Å². The van der Waals surface area contributed by atoms with Gasteiger partial charge in [-0.2, -0.15) is 5.10 Å². The Morgan fingerprint density at radius 2 is 2.58 bits per heavy atom. The molecule has 0 bridgehead atoms. The third kappa shape index (κ3) is 2.63. The van der Waals surface area contributed by atoms with Gasteiger partial charge in [0.25, 0.3) is 5.56 Å². The summed E-state index contributed by atoms with van der Waals surface area (Å²) in [6, 6.07) is 0. The van der Waals surface area contributed by atoms with E-state index >= 15 is 0 Å². The number of nitrogens with zero attached hydrogens (tertiary/aromatic N) is 2. The molecule has 3 N–H and O–H groups in total. The van der Waals surface area contributed by atoms with E-state index in [1.165, 1.54) is 11.8 Å². The minimum atomic E-state index is -0.239. The molecule has 1 unspecified atom stereocenters. The van der Waals surface area contributed by atoms with Crippen molar-refractivity contribution in [3.8, 4) is 0 Å². The number of nitrogens with one attached hydrogen (secondary N) is 1. The van der Waals surface area contributed by atoms with E-state index in [9.17, 15) is 4.79 Å². The Hall–Kier alpha value is -0.880. The summed E-state index contributed by atoms with van der Waals surface area (Å²) in [6.45, 7) is 2.50. The zero-order valence-electron chi connectivity index (χ0n) is 6.65. The molecule has 0 amide bonds. The highest BCUT2D eigenvalue weighted by atomic mass is 32.2. The quantitative estimate of drug-likeness (QED) is 0.628. The maximum absolute atomic E-state index is 10.8. The third-order valence-electron chi connectivity index (χ3n) is 1.20. The average molecular weight is 186 g/mol. The molecule has 0 aromatic carbocycles. The molecule has 0 aliphatic carbocycles. The normalized spacial score (nSPS) is 12.8. The molecule has 0 radical (unpaired) electrons. The van der Waals surface area contributed by atoms with Gasteiger partial charge < -0.3 is 5.73 Å². The molecule has 1 rings (SSSR count). The molecular formula is C6H10N4OS. The molecule has 0 spiro atoms. The van der Waals surface area contributed by atoms with Gasteiger partial charge in [-0.3, -0.25) is 9.78 Å². The van der Waals surface area contributed by atoms with E-state index in [0.717, 1.165) is 6.20 Å². The molecule has 66 valence electrons. The molecule has 6 heteroatoms. The highest BCUT2D eigenvalue weighted by Gasteiger charge is 2.03. The summed E-state index contributed by atoms with van der Waals surface area (Å²) >= 11 is 1.40. The van der Waals surface area contributed by atoms with Crippen molar-refractivity contribution in [3.05, 3.63) is 16.6 Å². The summed E-state index contributed by atoms with van der Waals surface area (Å²) in [5, 5.41) is 7.99. The van der Waals surface area contributed by atoms with E-state index in [2.05, 4.69) is 15.2 Å². The summed E-state index contributed by atoms with van der Waals surface area (Å²) < 4.78 is 0. The molecule has 0 aliphatic heterocycles. The molecule has 0 saturated heterocycles. The topological polar surface area (TPSA) is 84.7 Å². The fraction of sp³-hybridized carbons (Fsp3) is 0.500. The lowest BCUT2D eigenvalue weighted by atomic mass is 10.5. The first-order chi connectivity index (χ1) is 5.72. The zero-order chi connectivity index (χ0) is 8.97. The fourth-order valence-corrected chi connectivity index (χ4v) is 1.32. The smallest absolute Gasteiger partial charge is 0.270 e. The summed E-state index contributed by atoms with van der Waals surface area (Å²) in [5.41, 5.74) is 5.16. The molecule has 1 aromatic rings. The molecule has 12 heavy (non-hydrogen) atoms. The monoisotopic (exact) mass is 186 g/mol. The predicted molar refractivity (Wildman–Crippen MR) is 47.0 cm³/mol. The van der Waals surface area contributed by atoms with Gasteiger partial charge in [0.05, 0.1) is 0 Å². The van der Waals surface area contributed by atoms with Gasteiger partial charge in [0, 0.05) is 11.8 Å². The van der Waals surface area contributed by atoms with Crippen LogP contribution >= 0.6 is 11.8 Å². The molecule has 1 aromatic heterocycles. The van der Waals surface area contributed by atoms with Crippen LogP contribution in [0.1, 0.15) is 6.92 Å². The number of hydrogen-bond acceptors (Lipinski definition) is 5. The van der Waals surface area contributed by atoms with Crippen molar-refractivity contribution in [2.75, 3.05) is 6.54 Å². The van der Waals surface area contributed by atoms with Crippen LogP contribution in [0, 0.1) is 0 Å². The largest absolute Gasteiger partial charge is 0.329 e. The van der Waals surface area contributed by atoms with E-state index in [-0.39, 0.29) is 10.8 Å². The maximum Gasteiger partial charge on any atom is 0.270 e. The minimum Gasteiger partial charge on any atom is -0.329 e. The molecule has 1 heterocycles. The van der Waals surface area contributed by atoms with Crippen LogP contribution in [0.25, 0.3) is 0 Å². The van der Waals surface area contributed by atoms with E-state index < -0.39 is 0 Å². The number of aromatic amines is 1. The molecular weight excluding hydrogens is 176 g/mol. The van der Waals surface area contributed by atoms with E-state index in [1.54, 1.807) is 0 Å². The molecule has 5 nitrogen and oxygen atoms in total. The second-order valence-electron chi connectivity index (χ2n) is 2.30. The highest BCUT2D eigenvalue weighted by Crippen LogP contribution is 2.15. The third-order valence-corrected chi connectivity index (χ3v) is 2.20. The van der Waals surface area contributed by atoms with E-state index in [1.807, 2.05) is 6.92 Å². The first-order valence-electron chi connectivity index (χ1n) is 3.51. The first kappa shape index (κ1) is 9.21. The lowest BCUT2D eigenvalue weighted by Gasteiger charge is -2.04. The molecule has 0 saturated carbocycles. The van der Waals surface area contributed by atoms with Crippen LogP contribution in [0.15, 0.2) is 16.1 Å². The Bertz CT molecular complexity index is 300. The number of H-pyrrole nitrogens is 1. The second-order valence-corrected chi connectivity index (χ2v) is 3.73. The van der Waals surface area contributed by atoms with Crippen molar-refractivity contribution in [1.82, 2.24) is 15.2 Å². The van der Waals surface area contributed by atoms with Gasteiger partial charge in [-0.1, -0.05) is 18.7 Å². The molecule has 1 atom stereocenters. The van der Waals surface area contributed by atoms with Gasteiger partial charge in [0.2, 0.25) is 0 Å². The lowest BCUT2D eigenvalue weighted by Crippen LogP contribution is -2.15. The summed E-state index contributed by atoms with van der Waals surface area (Å²) in [4.78, 5) is 13.3. The summed E-state index contributed by atoms with van der Waals surface area (Å²) in [7, 11) is 0. The SMILES string of the molecule is CC(CN)Sc1nncc(=O)[nH]1. The average Bonchev–Trinajstić information content (AvgIpc) is 2.04. The van der Waals surface area contributed by atoms with Crippen LogP contribution in [-0.4, -0.2) is 27.0 Å². The van der Waals surface area contributed by atoms with Crippen molar-refractivity contribution < 1.29 is 0 Å². The number of aromatic nitrogens is 3. The van der Waals surface area contributed by atoms with E-state index in [4.69, 9.17) is 5.73 Å². The van der Waals surface area contributed by atoms with Crippen LogP contribution in [0.4, 0.5) is 0 Å². The Morgan fingerprint density at radius 1 is 1.83 bits per heavy atom. The minimum absolute atomic E-state index is 0.234. The van der Waals surface area contributed by atoms with Crippen LogP contribution in [0.2, 0.25) is 0 Å². The van der Waals surface area contributed by atoms with Gasteiger partial charge in [0.15, 0.2) is 5.16 Å². The van der Waals surface area contributed by atoms with E-state index in [0.29, 0.717) is 11.7 Å². The molecule has 0 aliphatic rings. The van der Waals surface area contributed by atoms with Crippen molar-refractivity contribution in [2.45, 2.75) is 17.3 Å². The maximum atomic E-state index is 10.8. The standard InChI is InChI=1S/C6H10N4OS/c1-4(2-7)12-6-9-5(11)3-8-10-6/h3-4H,2,7H2,1H3,(H,9,10,11). The number of rotatable bonds is 3. The second kappa shape index (κ2) is 4.22. The van der Waals surface area contributed by atoms with Crippen molar-refractivity contribution in [3.63, 3.8) is 0 Å². The number of thioether (sulfide) groups is 1. The van der Waals surface area contributed by atoms with Crippen LogP contribution in [-0.2, 0) is 0 Å². The Morgan fingerprint density at radius 3 is 3.17 bits per heavy atom. The number of nitrogens with two attached hydrogens (primary N) is 1. The van der Waals surface area contributed by atoms with Gasteiger partial charge in [-0.05, 0) is 0 Å². The van der Waals surface area contributed by atoms with Crippen LogP contribution in [0.3, 0.4) is 0 Å². The van der Waals surface area contributed by atoms with Crippen molar-refractivity contribution in [1.29, 1.82) is 0 Å². The fourth-order valence-electron chi connectivity index (χ4n) is 0.588. The molecule has 0 fully saturated rings. The zero-order valence-corrected chi connectivity index (χ0v) is 7.47. The first-order valence-corrected chi connectivity index (χ1v) is 4.39. The predicted octanol–water partition coefficient (Wildman–Crippen LogP) is -0.396. The van der Waals surface area contributed by atoms with Gasteiger partial charge in [0.1, 0.15) is 6.20 Å². The lowest BCUT2D eigenvalue weighted by molar-refractivity contribution is 0.809.